The van der Waals surface area contributed by atoms with E-state index < -0.39 is 15.9 Å². The summed E-state index contributed by atoms with van der Waals surface area (Å²) in [6, 6.07) is 3.71. The minimum Gasteiger partial charge on any atom is -0.345 e. The Morgan fingerprint density at radius 2 is 1.94 bits per heavy atom. The highest BCUT2D eigenvalue weighted by Crippen LogP contribution is 2.17. The summed E-state index contributed by atoms with van der Waals surface area (Å²) in [6.07, 6.45) is 0.485. The molecule has 0 aromatic heterocycles. The highest BCUT2D eigenvalue weighted by molar-refractivity contribution is 7.89. The molecule has 0 heterocycles. The molecule has 1 aromatic rings. The molecule has 0 radical (unpaired) electrons. The third kappa shape index (κ3) is 2.89. The number of carbonyl (C=O) groups excluding carboxylic acids is 2. The van der Waals surface area contributed by atoms with Gasteiger partial charge in [-0.2, -0.15) is 0 Å². The molecule has 0 spiro atoms. The van der Waals surface area contributed by atoms with Gasteiger partial charge in [0.05, 0.1) is 10.5 Å². The van der Waals surface area contributed by atoms with E-state index in [4.69, 9.17) is 5.14 Å². The number of rotatable bonds is 3. The lowest BCUT2D eigenvalue weighted by molar-refractivity contribution is 0.0823. The Hall–Kier alpha value is -1.73. The number of primary sulfonamides is 1. The molecule has 0 saturated carbocycles. The first-order valence-electron chi connectivity index (χ1n) is 4.61. The van der Waals surface area contributed by atoms with Gasteiger partial charge in [0.1, 0.15) is 6.29 Å². The monoisotopic (exact) mass is 256 g/mol. The highest BCUT2D eigenvalue weighted by Gasteiger charge is 2.20. The van der Waals surface area contributed by atoms with E-state index in [9.17, 15) is 18.0 Å². The van der Waals surface area contributed by atoms with E-state index in [1.54, 1.807) is 0 Å². The van der Waals surface area contributed by atoms with Crippen LogP contribution in [0.2, 0.25) is 0 Å². The fraction of sp³-hybridized carbons (Fsp3) is 0.200. The summed E-state index contributed by atoms with van der Waals surface area (Å²) in [6.45, 7) is 0. The minimum atomic E-state index is -4.05. The van der Waals surface area contributed by atoms with Crippen LogP contribution in [0.3, 0.4) is 0 Å². The Bertz CT molecular complexity index is 564. The van der Waals surface area contributed by atoms with Gasteiger partial charge in [0.25, 0.3) is 5.91 Å². The average Bonchev–Trinajstić information content (AvgIpc) is 2.26. The lowest BCUT2D eigenvalue weighted by Gasteiger charge is -2.13. The molecule has 1 amide bonds. The van der Waals surface area contributed by atoms with Crippen LogP contribution in [0, 0.1) is 0 Å². The van der Waals surface area contributed by atoms with E-state index >= 15 is 0 Å². The maximum atomic E-state index is 11.7. The largest absolute Gasteiger partial charge is 0.345 e. The Morgan fingerprint density at radius 3 is 2.35 bits per heavy atom. The van der Waals surface area contributed by atoms with Crippen LogP contribution in [0.15, 0.2) is 23.1 Å². The fourth-order valence-corrected chi connectivity index (χ4v) is 2.03. The van der Waals surface area contributed by atoms with Crippen LogP contribution < -0.4 is 5.14 Å². The second-order valence-electron chi connectivity index (χ2n) is 3.62. The van der Waals surface area contributed by atoms with Crippen LogP contribution in [0.25, 0.3) is 0 Å². The Morgan fingerprint density at radius 1 is 1.35 bits per heavy atom. The average molecular weight is 256 g/mol. The van der Waals surface area contributed by atoms with Gasteiger partial charge in [0.2, 0.25) is 10.0 Å². The summed E-state index contributed by atoms with van der Waals surface area (Å²) >= 11 is 0. The molecule has 2 N–H and O–H groups in total. The molecule has 0 bridgehead atoms. The molecule has 6 nitrogen and oxygen atoms in total. The second kappa shape index (κ2) is 4.64. The van der Waals surface area contributed by atoms with Crippen LogP contribution in [-0.4, -0.2) is 39.6 Å². The number of benzene rings is 1. The summed E-state index contributed by atoms with van der Waals surface area (Å²) in [5, 5.41) is 5.00. The molecule has 0 aliphatic heterocycles. The van der Waals surface area contributed by atoms with Gasteiger partial charge in [-0.05, 0) is 12.1 Å². The quantitative estimate of drug-likeness (QED) is 0.760. The maximum Gasteiger partial charge on any atom is 0.254 e. The van der Waals surface area contributed by atoms with Crippen LogP contribution in [0.5, 0.6) is 0 Å². The molecule has 92 valence electrons. The zero-order valence-corrected chi connectivity index (χ0v) is 10.2. The van der Waals surface area contributed by atoms with E-state index in [1.165, 1.54) is 31.1 Å². The SMILES string of the molecule is CN(C)C(=O)c1ccc(C=O)cc1S(N)(=O)=O. The molecule has 1 rings (SSSR count). The van der Waals surface area contributed by atoms with Crippen molar-refractivity contribution in [3.05, 3.63) is 29.3 Å². The first kappa shape index (κ1) is 13.3. The topological polar surface area (TPSA) is 97.5 Å². The molecule has 0 unspecified atom stereocenters. The Labute approximate surface area is 99.1 Å². The van der Waals surface area contributed by atoms with Crippen molar-refractivity contribution in [3.8, 4) is 0 Å². The van der Waals surface area contributed by atoms with Crippen molar-refractivity contribution in [1.82, 2.24) is 4.90 Å². The summed E-state index contributed by atoms with van der Waals surface area (Å²) in [5.41, 5.74) is 0.0902. The van der Waals surface area contributed by atoms with Crippen LogP contribution in [0.1, 0.15) is 20.7 Å². The van der Waals surface area contributed by atoms with Crippen LogP contribution in [0.4, 0.5) is 0 Å². The smallest absolute Gasteiger partial charge is 0.254 e. The molecule has 0 saturated heterocycles. The van der Waals surface area contributed by atoms with Gasteiger partial charge in [0, 0.05) is 19.7 Å². The van der Waals surface area contributed by atoms with Gasteiger partial charge in [-0.25, -0.2) is 13.6 Å². The summed E-state index contributed by atoms with van der Waals surface area (Å²) in [5.74, 6) is -0.494. The standard InChI is InChI=1S/C10H12N2O4S/c1-12(2)10(14)8-4-3-7(6-13)5-9(8)17(11,15)16/h3-6H,1-2H3,(H2,11,15,16). The number of aldehydes is 1. The van der Waals surface area contributed by atoms with Gasteiger partial charge in [-0.15, -0.1) is 0 Å². The molecule has 0 aliphatic rings. The van der Waals surface area contributed by atoms with Gasteiger partial charge < -0.3 is 4.90 Å². The van der Waals surface area contributed by atoms with Crippen molar-refractivity contribution in [2.45, 2.75) is 4.90 Å². The number of nitrogens with two attached hydrogens (primary N) is 1. The number of amides is 1. The van der Waals surface area contributed by atoms with Crippen molar-refractivity contribution >= 4 is 22.2 Å². The summed E-state index contributed by atoms with van der Waals surface area (Å²) < 4.78 is 22.7. The van der Waals surface area contributed by atoms with E-state index in [2.05, 4.69) is 0 Å². The van der Waals surface area contributed by atoms with Gasteiger partial charge in [-0.1, -0.05) is 6.07 Å². The lowest BCUT2D eigenvalue weighted by atomic mass is 10.1. The summed E-state index contributed by atoms with van der Waals surface area (Å²) in [4.78, 5) is 23.2. The van der Waals surface area contributed by atoms with Gasteiger partial charge >= 0.3 is 0 Å². The van der Waals surface area contributed by atoms with Crippen molar-refractivity contribution in [3.63, 3.8) is 0 Å². The predicted molar refractivity (Wildman–Crippen MR) is 61.2 cm³/mol. The normalized spacial score (nSPS) is 11.0. The van der Waals surface area contributed by atoms with Gasteiger partial charge in [-0.3, -0.25) is 9.59 Å². The minimum absolute atomic E-state index is 0.0527. The zero-order valence-electron chi connectivity index (χ0n) is 9.38. The molecule has 0 aliphatic carbocycles. The maximum absolute atomic E-state index is 11.7. The second-order valence-corrected chi connectivity index (χ2v) is 5.15. The van der Waals surface area contributed by atoms with Crippen molar-refractivity contribution in [2.75, 3.05) is 14.1 Å². The molecular formula is C10H12N2O4S. The zero-order chi connectivity index (χ0) is 13.2. The number of carbonyl (C=O) groups is 2. The Balaban J connectivity index is 3.51. The van der Waals surface area contributed by atoms with Crippen molar-refractivity contribution in [1.29, 1.82) is 0 Å². The third-order valence-electron chi connectivity index (χ3n) is 2.08. The van der Waals surface area contributed by atoms with Crippen LogP contribution >= 0.6 is 0 Å². The highest BCUT2D eigenvalue weighted by atomic mass is 32.2. The molecular weight excluding hydrogens is 244 g/mol. The van der Waals surface area contributed by atoms with Crippen LogP contribution in [-0.2, 0) is 10.0 Å². The molecule has 17 heavy (non-hydrogen) atoms. The number of nitrogens with zero attached hydrogens (tertiary/aromatic N) is 1. The van der Waals surface area contributed by atoms with E-state index in [0.717, 1.165) is 6.07 Å². The fourth-order valence-electron chi connectivity index (χ4n) is 1.27. The lowest BCUT2D eigenvalue weighted by Crippen LogP contribution is -2.25. The molecule has 0 fully saturated rings. The molecule has 7 heteroatoms. The molecule has 1 aromatic carbocycles. The summed E-state index contributed by atoms with van der Waals surface area (Å²) in [7, 11) is -1.07. The number of hydrogen-bond acceptors (Lipinski definition) is 4. The number of hydrogen-bond donors (Lipinski definition) is 1. The van der Waals surface area contributed by atoms with Crippen molar-refractivity contribution < 1.29 is 18.0 Å². The first-order chi connectivity index (χ1) is 7.77. The van der Waals surface area contributed by atoms with E-state index in [0.29, 0.717) is 6.29 Å². The Kier molecular flexibility index (Phi) is 3.64. The van der Waals surface area contributed by atoms with E-state index in [-0.39, 0.29) is 16.0 Å². The van der Waals surface area contributed by atoms with Gasteiger partial charge in [0.15, 0.2) is 0 Å². The van der Waals surface area contributed by atoms with E-state index in [1.807, 2.05) is 0 Å². The van der Waals surface area contributed by atoms with Crippen molar-refractivity contribution in [2.24, 2.45) is 5.14 Å². The molecule has 0 atom stereocenters. The third-order valence-corrected chi connectivity index (χ3v) is 3.04. The number of sulfonamides is 1. The predicted octanol–water partition coefficient (Wildman–Crippen LogP) is -0.152. The first-order valence-corrected chi connectivity index (χ1v) is 6.15.